The fourth-order valence-electron chi connectivity index (χ4n) is 5.04. The molecule has 194 valence electrons. The number of hydrogen-bond donors (Lipinski definition) is 1. The lowest BCUT2D eigenvalue weighted by molar-refractivity contribution is 0.0131. The summed E-state index contributed by atoms with van der Waals surface area (Å²) in [5.41, 5.74) is 1.83. The van der Waals surface area contributed by atoms with E-state index in [1.807, 2.05) is 63.1 Å². The first-order valence-electron chi connectivity index (χ1n) is 12.9. The molecule has 1 saturated heterocycles. The minimum Gasteiger partial charge on any atom is -0.492 e. The van der Waals surface area contributed by atoms with Crippen LogP contribution in [0.3, 0.4) is 0 Å². The number of piperidine rings is 1. The summed E-state index contributed by atoms with van der Waals surface area (Å²) in [5, 5.41) is 3.47. The number of fused-ring (bicyclic) bond motifs is 4. The molecule has 1 N–H and O–H groups in total. The third-order valence-corrected chi connectivity index (χ3v) is 6.89. The number of carbonyl (C=O) groups is 2. The highest BCUT2D eigenvalue weighted by Gasteiger charge is 2.34. The van der Waals surface area contributed by atoms with Crippen molar-refractivity contribution < 1.29 is 19.1 Å². The number of aromatic nitrogens is 1. The van der Waals surface area contributed by atoms with Crippen LogP contribution in [0.5, 0.6) is 5.75 Å². The number of pyridine rings is 1. The highest BCUT2D eigenvalue weighted by molar-refractivity contribution is 5.95. The maximum atomic E-state index is 13.6. The predicted molar refractivity (Wildman–Crippen MR) is 139 cm³/mol. The summed E-state index contributed by atoms with van der Waals surface area (Å²) >= 11 is 0. The third-order valence-electron chi connectivity index (χ3n) is 6.89. The molecule has 0 spiro atoms. The van der Waals surface area contributed by atoms with Crippen molar-refractivity contribution in [2.75, 3.05) is 39.8 Å². The maximum absolute atomic E-state index is 13.6. The van der Waals surface area contributed by atoms with Crippen molar-refractivity contribution in [3.8, 4) is 16.9 Å². The van der Waals surface area contributed by atoms with E-state index in [1.54, 1.807) is 17.3 Å². The topological polar surface area (TPSA) is 84.0 Å². The second-order valence-corrected chi connectivity index (χ2v) is 10.6. The van der Waals surface area contributed by atoms with Gasteiger partial charge in [-0.25, -0.2) is 4.79 Å². The maximum Gasteiger partial charge on any atom is 0.410 e. The molecule has 36 heavy (non-hydrogen) atoms. The van der Waals surface area contributed by atoms with E-state index < -0.39 is 5.60 Å². The van der Waals surface area contributed by atoms with E-state index in [9.17, 15) is 9.59 Å². The molecule has 4 rings (SSSR count). The minimum atomic E-state index is -0.510. The van der Waals surface area contributed by atoms with Gasteiger partial charge in [-0.2, -0.15) is 0 Å². The van der Waals surface area contributed by atoms with Gasteiger partial charge in [0, 0.05) is 56.2 Å². The SMILES string of the molecule is CN1C(=O)c2cncc(c2)-c2ccccc2OCCNCCC1C1CCN(C(=O)OC(C)(C)C)CC1. The number of hydrogen-bond acceptors (Lipinski definition) is 6. The average Bonchev–Trinajstić information content (AvgIpc) is 2.86. The second-order valence-electron chi connectivity index (χ2n) is 10.6. The fraction of sp³-hybridized carbons (Fsp3) is 0.536. The van der Waals surface area contributed by atoms with Gasteiger partial charge in [0.2, 0.25) is 0 Å². The van der Waals surface area contributed by atoms with Crippen LogP contribution in [0, 0.1) is 5.92 Å². The van der Waals surface area contributed by atoms with E-state index in [0.29, 0.717) is 37.7 Å². The molecule has 2 aliphatic heterocycles. The molecule has 2 aromatic rings. The van der Waals surface area contributed by atoms with E-state index in [0.717, 1.165) is 42.7 Å². The molecule has 1 aromatic carbocycles. The lowest BCUT2D eigenvalue weighted by Crippen LogP contribution is -2.49. The van der Waals surface area contributed by atoms with Gasteiger partial charge >= 0.3 is 6.09 Å². The number of carbonyl (C=O) groups excluding carboxylic acids is 2. The Morgan fingerprint density at radius 2 is 1.81 bits per heavy atom. The fourth-order valence-corrected chi connectivity index (χ4v) is 5.04. The molecule has 2 bridgehead atoms. The zero-order chi connectivity index (χ0) is 25.7. The number of nitrogens with zero attached hydrogens (tertiary/aromatic N) is 3. The van der Waals surface area contributed by atoms with Crippen LogP contribution in [-0.4, -0.2) is 78.3 Å². The van der Waals surface area contributed by atoms with Gasteiger partial charge in [0.25, 0.3) is 5.91 Å². The number of nitrogens with one attached hydrogen (secondary N) is 1. The van der Waals surface area contributed by atoms with E-state index >= 15 is 0 Å². The Hall–Kier alpha value is -3.13. The predicted octanol–water partition coefficient (Wildman–Crippen LogP) is 4.21. The van der Waals surface area contributed by atoms with Crippen LogP contribution in [0.1, 0.15) is 50.4 Å². The van der Waals surface area contributed by atoms with Crippen LogP contribution in [0.15, 0.2) is 42.7 Å². The van der Waals surface area contributed by atoms with Crippen LogP contribution < -0.4 is 10.1 Å². The Balaban J connectivity index is 1.53. The molecule has 1 unspecified atom stereocenters. The summed E-state index contributed by atoms with van der Waals surface area (Å²) in [7, 11) is 1.89. The summed E-state index contributed by atoms with van der Waals surface area (Å²) in [4.78, 5) is 34.2. The highest BCUT2D eigenvalue weighted by Crippen LogP contribution is 2.31. The Labute approximate surface area is 214 Å². The molecule has 2 aliphatic rings. The summed E-state index contributed by atoms with van der Waals surface area (Å²) < 4.78 is 11.6. The van der Waals surface area contributed by atoms with E-state index in [2.05, 4.69) is 10.3 Å². The van der Waals surface area contributed by atoms with Crippen LogP contribution in [0.4, 0.5) is 4.79 Å². The molecule has 2 amide bonds. The molecule has 8 nitrogen and oxygen atoms in total. The normalized spacial score (nSPS) is 20.2. The van der Waals surface area contributed by atoms with Gasteiger partial charge in [-0.3, -0.25) is 9.78 Å². The third kappa shape index (κ3) is 6.35. The average molecular weight is 495 g/mol. The zero-order valence-electron chi connectivity index (χ0n) is 21.8. The smallest absolute Gasteiger partial charge is 0.410 e. The lowest BCUT2D eigenvalue weighted by atomic mass is 9.86. The first-order valence-corrected chi connectivity index (χ1v) is 12.9. The Morgan fingerprint density at radius 1 is 1.08 bits per heavy atom. The van der Waals surface area contributed by atoms with Gasteiger partial charge in [-0.1, -0.05) is 18.2 Å². The highest BCUT2D eigenvalue weighted by atomic mass is 16.6. The lowest BCUT2D eigenvalue weighted by Gasteiger charge is -2.40. The summed E-state index contributed by atoms with van der Waals surface area (Å²) in [5.74, 6) is 1.03. The summed E-state index contributed by atoms with van der Waals surface area (Å²) in [6.07, 6.45) is 5.63. The number of benzene rings is 1. The Morgan fingerprint density at radius 3 is 2.56 bits per heavy atom. The van der Waals surface area contributed by atoms with Crippen LogP contribution in [-0.2, 0) is 4.74 Å². The second kappa shape index (κ2) is 11.3. The van der Waals surface area contributed by atoms with Gasteiger partial charge in [-0.15, -0.1) is 0 Å². The van der Waals surface area contributed by atoms with Crippen molar-refractivity contribution in [1.29, 1.82) is 0 Å². The van der Waals surface area contributed by atoms with E-state index in [1.165, 1.54) is 0 Å². The monoisotopic (exact) mass is 494 g/mol. The molecule has 1 fully saturated rings. The number of amides is 2. The van der Waals surface area contributed by atoms with Crippen molar-refractivity contribution in [2.24, 2.45) is 5.92 Å². The summed E-state index contributed by atoms with van der Waals surface area (Å²) in [6.45, 7) is 8.96. The molecule has 1 atom stereocenters. The van der Waals surface area contributed by atoms with Crippen molar-refractivity contribution in [3.63, 3.8) is 0 Å². The van der Waals surface area contributed by atoms with Crippen LogP contribution in [0.25, 0.3) is 11.1 Å². The van der Waals surface area contributed by atoms with Crippen molar-refractivity contribution in [2.45, 2.75) is 51.7 Å². The van der Waals surface area contributed by atoms with E-state index in [4.69, 9.17) is 9.47 Å². The minimum absolute atomic E-state index is 0.0422. The van der Waals surface area contributed by atoms with Gasteiger partial charge in [0.15, 0.2) is 0 Å². The number of rotatable bonds is 1. The number of para-hydroxylation sites is 1. The molecule has 0 aliphatic carbocycles. The standard InChI is InChI=1S/C28H38N4O4/c1-28(2,3)36-27(34)32-14-10-20(11-15-32)24-9-12-29-13-16-35-25-8-6-5-7-23(25)21-17-22(19-30-18-21)26(33)31(24)4/h5-8,17-20,24,29H,9-16H2,1-4H3. The number of likely N-dealkylation sites (tertiary alicyclic amines) is 1. The first-order chi connectivity index (χ1) is 17.2. The van der Waals surface area contributed by atoms with Crippen molar-refractivity contribution in [3.05, 3.63) is 48.3 Å². The van der Waals surface area contributed by atoms with Crippen LogP contribution in [0.2, 0.25) is 0 Å². The number of ether oxygens (including phenoxy) is 2. The first kappa shape index (κ1) is 25.9. The van der Waals surface area contributed by atoms with Gasteiger partial charge in [-0.05, 0) is 64.6 Å². The van der Waals surface area contributed by atoms with Gasteiger partial charge in [0.1, 0.15) is 18.0 Å². The molecule has 3 heterocycles. The van der Waals surface area contributed by atoms with Crippen molar-refractivity contribution >= 4 is 12.0 Å². The molecule has 0 saturated carbocycles. The van der Waals surface area contributed by atoms with E-state index in [-0.39, 0.29) is 18.0 Å². The molecular weight excluding hydrogens is 456 g/mol. The molecule has 8 heteroatoms. The zero-order valence-corrected chi connectivity index (χ0v) is 21.8. The quantitative estimate of drug-likeness (QED) is 0.640. The summed E-state index contributed by atoms with van der Waals surface area (Å²) in [6, 6.07) is 9.80. The van der Waals surface area contributed by atoms with Gasteiger partial charge in [0.05, 0.1) is 5.56 Å². The molecule has 1 aromatic heterocycles. The van der Waals surface area contributed by atoms with Gasteiger partial charge < -0.3 is 24.6 Å². The Kier molecular flexibility index (Phi) is 8.14. The largest absolute Gasteiger partial charge is 0.492 e. The van der Waals surface area contributed by atoms with Crippen molar-refractivity contribution in [1.82, 2.24) is 20.1 Å². The Bertz CT molecular complexity index is 1060. The van der Waals surface area contributed by atoms with Crippen LogP contribution >= 0.6 is 0 Å². The molecule has 0 radical (unpaired) electrons. The molecular formula is C28H38N4O4.